The minimum atomic E-state index is 0.583. The monoisotopic (exact) mass is 635 g/mol. The molecule has 0 fully saturated rings. The van der Waals surface area contributed by atoms with Crippen LogP contribution in [0.5, 0.6) is 0 Å². The quantitative estimate of drug-likeness (QED) is 0.193. The van der Waals surface area contributed by atoms with E-state index < -0.39 is 0 Å². The molecule has 0 spiro atoms. The summed E-state index contributed by atoms with van der Waals surface area (Å²) < 4.78 is 4.43. The first-order valence-electron chi connectivity index (χ1n) is 16.3. The van der Waals surface area contributed by atoms with Crippen molar-refractivity contribution < 1.29 is 0 Å². The zero-order chi connectivity index (χ0) is 33.8. The van der Waals surface area contributed by atoms with Crippen molar-refractivity contribution in [3.63, 3.8) is 0 Å². The molecule has 5 nitrogen and oxygen atoms in total. The van der Waals surface area contributed by atoms with Crippen LogP contribution in [0.15, 0.2) is 152 Å². The Kier molecular flexibility index (Phi) is 6.56. The van der Waals surface area contributed by atoms with Crippen LogP contribution >= 0.6 is 0 Å². The maximum atomic E-state index is 10.4. The maximum absolute atomic E-state index is 10.4. The van der Waals surface area contributed by atoms with Gasteiger partial charge in [-0.05, 0) is 83.4 Å². The molecule has 0 radical (unpaired) electrons. The van der Waals surface area contributed by atoms with Gasteiger partial charge in [-0.3, -0.25) is 0 Å². The highest BCUT2D eigenvalue weighted by Crippen LogP contribution is 2.39. The summed E-state index contributed by atoms with van der Waals surface area (Å²) in [6.45, 7) is 0. The highest BCUT2D eigenvalue weighted by Gasteiger charge is 2.19. The minimum absolute atomic E-state index is 0.583. The van der Waals surface area contributed by atoms with E-state index in [-0.39, 0.29) is 0 Å². The molecule has 0 atom stereocenters. The van der Waals surface area contributed by atoms with E-state index in [0.29, 0.717) is 16.7 Å². The van der Waals surface area contributed by atoms with Crippen molar-refractivity contribution in [2.45, 2.75) is 0 Å². The molecule has 2 heterocycles. The molecule has 0 unspecified atom stereocenters. The van der Waals surface area contributed by atoms with Crippen LogP contribution in [0.1, 0.15) is 16.7 Å². The summed E-state index contributed by atoms with van der Waals surface area (Å²) in [5.74, 6) is 0. The van der Waals surface area contributed by atoms with Gasteiger partial charge in [-0.2, -0.15) is 15.8 Å². The summed E-state index contributed by atoms with van der Waals surface area (Å²) in [6.07, 6.45) is 0. The van der Waals surface area contributed by atoms with Crippen LogP contribution in [0.4, 0.5) is 0 Å². The van der Waals surface area contributed by atoms with Crippen LogP contribution < -0.4 is 0 Å². The smallest absolute Gasteiger partial charge is 0.0998 e. The molecule has 0 aliphatic heterocycles. The third-order valence-corrected chi connectivity index (χ3v) is 9.65. The van der Waals surface area contributed by atoms with Crippen molar-refractivity contribution in [2.75, 3.05) is 0 Å². The fraction of sp³-hybridized carbons (Fsp3) is 0. The highest BCUT2D eigenvalue weighted by atomic mass is 15.0. The molecule has 9 rings (SSSR count). The lowest BCUT2D eigenvalue weighted by atomic mass is 9.94. The zero-order valence-electron chi connectivity index (χ0n) is 26.7. The van der Waals surface area contributed by atoms with Crippen molar-refractivity contribution >= 4 is 43.6 Å². The molecule has 0 aliphatic carbocycles. The van der Waals surface area contributed by atoms with Crippen LogP contribution in [-0.2, 0) is 0 Å². The number of fused-ring (bicyclic) bond motifs is 6. The number of nitriles is 3. The van der Waals surface area contributed by atoms with E-state index in [2.05, 4.69) is 100 Å². The van der Waals surface area contributed by atoms with Crippen LogP contribution in [0, 0.1) is 34.0 Å². The fourth-order valence-electron chi connectivity index (χ4n) is 7.45. The van der Waals surface area contributed by atoms with Gasteiger partial charge in [0.2, 0.25) is 0 Å². The van der Waals surface area contributed by atoms with Crippen LogP contribution in [0.25, 0.3) is 77.2 Å². The average molecular weight is 636 g/mol. The van der Waals surface area contributed by atoms with Crippen molar-refractivity contribution in [3.05, 3.63) is 168 Å². The number of hydrogen-bond acceptors (Lipinski definition) is 3. The Bertz CT molecular complexity index is 2960. The van der Waals surface area contributed by atoms with Crippen molar-refractivity contribution in [3.8, 4) is 51.8 Å². The van der Waals surface area contributed by atoms with Crippen LogP contribution in [-0.4, -0.2) is 9.13 Å². The number of para-hydroxylation sites is 3. The fourth-order valence-corrected chi connectivity index (χ4v) is 7.45. The second-order valence-electron chi connectivity index (χ2n) is 12.3. The molecule has 7 aromatic carbocycles. The zero-order valence-corrected chi connectivity index (χ0v) is 26.7. The van der Waals surface area contributed by atoms with Gasteiger partial charge in [0.25, 0.3) is 0 Å². The Labute approximate surface area is 287 Å². The normalized spacial score (nSPS) is 11.1. The molecule has 0 saturated heterocycles. The van der Waals surface area contributed by atoms with Crippen molar-refractivity contribution in [2.24, 2.45) is 0 Å². The minimum Gasteiger partial charge on any atom is -0.309 e. The largest absolute Gasteiger partial charge is 0.309 e. The number of nitrogens with zero attached hydrogens (tertiary/aromatic N) is 5. The highest BCUT2D eigenvalue weighted by molar-refractivity contribution is 6.12. The second-order valence-corrected chi connectivity index (χ2v) is 12.3. The molecule has 9 aromatic rings. The van der Waals surface area contributed by atoms with E-state index in [0.717, 1.165) is 77.2 Å². The van der Waals surface area contributed by atoms with Gasteiger partial charge in [0.05, 0.1) is 62.7 Å². The topological polar surface area (TPSA) is 81.2 Å². The van der Waals surface area contributed by atoms with Gasteiger partial charge < -0.3 is 9.13 Å². The predicted molar refractivity (Wildman–Crippen MR) is 200 cm³/mol. The first kappa shape index (κ1) is 28.8. The van der Waals surface area contributed by atoms with E-state index >= 15 is 0 Å². The molecule has 230 valence electrons. The summed E-state index contributed by atoms with van der Waals surface area (Å²) in [4.78, 5) is 0. The Morgan fingerprint density at radius 3 is 1.84 bits per heavy atom. The van der Waals surface area contributed by atoms with Gasteiger partial charge in [0.1, 0.15) is 0 Å². The summed E-state index contributed by atoms with van der Waals surface area (Å²) in [6, 6.07) is 57.8. The van der Waals surface area contributed by atoms with Crippen LogP contribution in [0.3, 0.4) is 0 Å². The number of aromatic nitrogens is 2. The van der Waals surface area contributed by atoms with E-state index in [9.17, 15) is 15.8 Å². The van der Waals surface area contributed by atoms with Gasteiger partial charge >= 0.3 is 0 Å². The predicted octanol–water partition coefficient (Wildman–Crippen LogP) is 10.8. The number of benzene rings is 7. The Morgan fingerprint density at radius 1 is 0.400 bits per heavy atom. The van der Waals surface area contributed by atoms with Gasteiger partial charge in [0, 0.05) is 32.8 Å². The van der Waals surface area contributed by atoms with Crippen molar-refractivity contribution in [1.29, 1.82) is 15.8 Å². The molecule has 0 bridgehead atoms. The second kappa shape index (κ2) is 11.4. The molecular formula is C45H25N5. The molecule has 0 amide bonds. The molecule has 0 N–H and O–H groups in total. The maximum Gasteiger partial charge on any atom is 0.0998 e. The summed E-state index contributed by atoms with van der Waals surface area (Å²) in [5, 5.41) is 34.0. The van der Waals surface area contributed by atoms with E-state index in [1.807, 2.05) is 78.9 Å². The Hall–Kier alpha value is -7.39. The first-order valence-corrected chi connectivity index (χ1v) is 16.3. The molecule has 2 aromatic heterocycles. The molecule has 0 saturated carbocycles. The molecule has 0 aliphatic rings. The summed E-state index contributed by atoms with van der Waals surface area (Å²) >= 11 is 0. The Balaban J connectivity index is 1.15. The van der Waals surface area contributed by atoms with Crippen LogP contribution in [0.2, 0.25) is 0 Å². The molecule has 5 heteroatoms. The van der Waals surface area contributed by atoms with Gasteiger partial charge in [-0.15, -0.1) is 0 Å². The lowest BCUT2D eigenvalue weighted by Crippen LogP contribution is -1.98. The first-order chi connectivity index (χ1) is 24.7. The molecular weight excluding hydrogens is 611 g/mol. The van der Waals surface area contributed by atoms with Gasteiger partial charge in [0.15, 0.2) is 0 Å². The number of rotatable bonds is 4. The van der Waals surface area contributed by atoms with Gasteiger partial charge in [-0.25, -0.2) is 0 Å². The third-order valence-electron chi connectivity index (χ3n) is 9.65. The SMILES string of the molecule is N#Cc1ccc2c(c1)c1ccccc1n2-c1ccc(-c2ccc(-c3ccccc3-n3c4ccccc4c4c(C#N)cccc43)cc2C#N)cc1. The van der Waals surface area contributed by atoms with Gasteiger partial charge in [-0.1, -0.05) is 84.9 Å². The summed E-state index contributed by atoms with van der Waals surface area (Å²) in [5.41, 5.74) is 11.6. The third kappa shape index (κ3) is 4.31. The lowest BCUT2D eigenvalue weighted by Gasteiger charge is -2.15. The van der Waals surface area contributed by atoms with E-state index in [1.165, 1.54) is 0 Å². The summed E-state index contributed by atoms with van der Waals surface area (Å²) in [7, 11) is 0. The standard InChI is InChI=1S/C45H25N5/c46-26-29-16-23-43-39(24-29)37-10-2-5-13-41(37)49(43)34-20-17-30(18-21-34)35-22-19-31(25-33(35)28-48)36-9-1-4-12-40(36)50-42-14-6-3-11-38(42)45-32(27-47)8-7-15-44(45)50/h1-25H. The number of hydrogen-bond donors (Lipinski definition) is 0. The van der Waals surface area contributed by atoms with Crippen molar-refractivity contribution in [1.82, 2.24) is 9.13 Å². The van der Waals surface area contributed by atoms with E-state index in [4.69, 9.17) is 0 Å². The molecule has 50 heavy (non-hydrogen) atoms. The lowest BCUT2D eigenvalue weighted by molar-refractivity contribution is 1.18. The van der Waals surface area contributed by atoms with E-state index in [1.54, 1.807) is 0 Å². The Morgan fingerprint density at radius 2 is 1.06 bits per heavy atom. The average Bonchev–Trinajstić information content (AvgIpc) is 3.70.